The van der Waals surface area contributed by atoms with Crippen molar-refractivity contribution in [3.63, 3.8) is 0 Å². The largest absolute Gasteiger partial charge is 0.487 e. The lowest BCUT2D eigenvalue weighted by atomic mass is 10.1. The maximum Gasteiger partial charge on any atom is 0.339 e. The summed E-state index contributed by atoms with van der Waals surface area (Å²) in [4.78, 5) is 20.5. The quantitative estimate of drug-likeness (QED) is 0.628. The van der Waals surface area contributed by atoms with Gasteiger partial charge in [-0.05, 0) is 13.0 Å². The second-order valence-electron chi connectivity index (χ2n) is 2.80. The molecule has 0 amide bonds. The Bertz CT molecular complexity index is 411. The van der Waals surface area contributed by atoms with Crippen LogP contribution in [0.25, 0.3) is 0 Å². The summed E-state index contributed by atoms with van der Waals surface area (Å²) in [5.74, 6) is -2.90. The van der Waals surface area contributed by atoms with E-state index < -0.39 is 33.7 Å². The number of benzene rings is 1. The number of carbonyl (C=O) groups is 1. The molecule has 0 bridgehead atoms. The molecule has 1 aromatic carbocycles. The van der Waals surface area contributed by atoms with Gasteiger partial charge < -0.3 is 9.84 Å². The lowest BCUT2D eigenvalue weighted by molar-refractivity contribution is -0.386. The van der Waals surface area contributed by atoms with E-state index >= 15 is 0 Å². The van der Waals surface area contributed by atoms with Gasteiger partial charge in [-0.2, -0.15) is 0 Å². The first kappa shape index (κ1) is 11.9. The number of nitro benzene ring substituents is 1. The van der Waals surface area contributed by atoms with Gasteiger partial charge in [0.15, 0.2) is 0 Å². The maximum absolute atomic E-state index is 12.9. The Hall–Kier alpha value is -2.18. The molecule has 0 atom stereocenters. The molecule has 7 heteroatoms. The van der Waals surface area contributed by atoms with Crippen LogP contribution >= 0.6 is 0 Å². The van der Waals surface area contributed by atoms with Crippen LogP contribution in [0.2, 0.25) is 0 Å². The number of aromatic carboxylic acids is 1. The second-order valence-corrected chi connectivity index (χ2v) is 2.80. The highest BCUT2D eigenvalue weighted by Crippen LogP contribution is 2.32. The van der Waals surface area contributed by atoms with Crippen LogP contribution in [-0.2, 0) is 0 Å². The number of carboxylic acid groups (broad SMARTS) is 1. The van der Waals surface area contributed by atoms with Gasteiger partial charge in [0.1, 0.15) is 11.4 Å². The highest BCUT2D eigenvalue weighted by atomic mass is 19.1. The summed E-state index contributed by atoms with van der Waals surface area (Å²) in [5, 5.41) is 19.3. The van der Waals surface area contributed by atoms with E-state index in [4.69, 9.17) is 9.84 Å². The normalized spacial score (nSPS) is 9.88. The minimum absolute atomic E-state index is 0.0484. The van der Waals surface area contributed by atoms with Gasteiger partial charge in [0, 0.05) is 0 Å². The Balaban J connectivity index is 3.47. The molecule has 6 nitrogen and oxygen atoms in total. The number of nitrogens with zero attached hydrogens (tertiary/aromatic N) is 1. The minimum Gasteiger partial charge on any atom is -0.487 e. The van der Waals surface area contributed by atoms with E-state index in [0.29, 0.717) is 12.1 Å². The molecule has 0 aliphatic carbocycles. The average molecular weight is 229 g/mol. The Morgan fingerprint density at radius 2 is 2.25 bits per heavy atom. The Morgan fingerprint density at radius 3 is 2.69 bits per heavy atom. The van der Waals surface area contributed by atoms with Gasteiger partial charge >= 0.3 is 11.7 Å². The number of ether oxygens (including phenoxy) is 1. The third kappa shape index (κ3) is 2.25. The van der Waals surface area contributed by atoms with Crippen LogP contribution < -0.4 is 4.74 Å². The molecule has 86 valence electrons. The highest BCUT2D eigenvalue weighted by molar-refractivity contribution is 5.92. The summed E-state index contributed by atoms with van der Waals surface area (Å²) in [5.41, 5.74) is -1.26. The zero-order valence-corrected chi connectivity index (χ0v) is 8.27. The molecule has 16 heavy (non-hydrogen) atoms. The van der Waals surface area contributed by atoms with E-state index in [-0.39, 0.29) is 6.61 Å². The molecule has 0 aliphatic rings. The standard InChI is InChI=1S/C9H8FNO5/c1-2-16-8-6(9(12)13)3-5(10)4-7(8)11(14)15/h3-4H,2H2,1H3,(H,12,13). The van der Waals surface area contributed by atoms with Gasteiger partial charge in [-0.15, -0.1) is 0 Å². The first-order valence-corrected chi connectivity index (χ1v) is 4.31. The van der Waals surface area contributed by atoms with Gasteiger partial charge in [0.2, 0.25) is 5.75 Å². The second kappa shape index (κ2) is 4.56. The van der Waals surface area contributed by atoms with Crippen molar-refractivity contribution in [3.05, 3.63) is 33.6 Å². The van der Waals surface area contributed by atoms with E-state index in [9.17, 15) is 19.3 Å². The fraction of sp³-hybridized carbons (Fsp3) is 0.222. The van der Waals surface area contributed by atoms with Crippen molar-refractivity contribution in [2.45, 2.75) is 6.92 Å². The molecule has 0 aliphatic heterocycles. The molecular weight excluding hydrogens is 221 g/mol. The third-order valence-corrected chi connectivity index (χ3v) is 1.75. The fourth-order valence-electron chi connectivity index (χ4n) is 1.17. The monoisotopic (exact) mass is 229 g/mol. The van der Waals surface area contributed by atoms with Crippen LogP contribution in [-0.4, -0.2) is 22.6 Å². The summed E-state index contributed by atoms with van der Waals surface area (Å²) in [7, 11) is 0. The van der Waals surface area contributed by atoms with E-state index in [2.05, 4.69) is 0 Å². The zero-order chi connectivity index (χ0) is 12.3. The van der Waals surface area contributed by atoms with Gasteiger partial charge in [0.05, 0.1) is 17.6 Å². The van der Waals surface area contributed by atoms with E-state index in [1.54, 1.807) is 6.92 Å². The first-order valence-electron chi connectivity index (χ1n) is 4.31. The van der Waals surface area contributed by atoms with E-state index in [1.165, 1.54) is 0 Å². The van der Waals surface area contributed by atoms with Crippen LogP contribution in [0, 0.1) is 15.9 Å². The van der Waals surface area contributed by atoms with Gasteiger partial charge in [-0.25, -0.2) is 9.18 Å². The SMILES string of the molecule is CCOc1c(C(=O)O)cc(F)cc1[N+](=O)[O-]. The number of rotatable bonds is 4. The van der Waals surface area contributed by atoms with Crippen molar-refractivity contribution in [1.82, 2.24) is 0 Å². The number of halogens is 1. The first-order chi connectivity index (χ1) is 7.47. The number of hydrogen-bond donors (Lipinski definition) is 1. The molecule has 1 aromatic rings. The molecule has 0 saturated heterocycles. The molecule has 0 heterocycles. The number of hydrogen-bond acceptors (Lipinski definition) is 4. The number of nitro groups is 1. The minimum atomic E-state index is -1.48. The predicted molar refractivity (Wildman–Crippen MR) is 51.2 cm³/mol. The fourth-order valence-corrected chi connectivity index (χ4v) is 1.17. The zero-order valence-electron chi connectivity index (χ0n) is 8.27. The van der Waals surface area contributed by atoms with E-state index in [0.717, 1.165) is 0 Å². The molecule has 1 N–H and O–H groups in total. The molecule has 0 aromatic heterocycles. The summed E-state index contributed by atoms with van der Waals surface area (Å²) in [6.07, 6.45) is 0. The van der Waals surface area contributed by atoms with Crippen molar-refractivity contribution >= 4 is 11.7 Å². The smallest absolute Gasteiger partial charge is 0.339 e. The molecule has 1 rings (SSSR count). The van der Waals surface area contributed by atoms with Gasteiger partial charge in [0.25, 0.3) is 0 Å². The molecule has 0 saturated carbocycles. The van der Waals surface area contributed by atoms with Crippen LogP contribution in [0.15, 0.2) is 12.1 Å². The molecule has 0 spiro atoms. The number of carboxylic acids is 1. The Labute approximate surface area is 89.4 Å². The lowest BCUT2D eigenvalue weighted by Crippen LogP contribution is -2.06. The maximum atomic E-state index is 12.9. The van der Waals surface area contributed by atoms with Gasteiger partial charge in [-0.3, -0.25) is 10.1 Å². The molecule has 0 radical (unpaired) electrons. The summed E-state index contributed by atoms with van der Waals surface area (Å²) in [6.45, 7) is 1.59. The molecular formula is C9H8FNO5. The van der Waals surface area contributed by atoms with Gasteiger partial charge in [-0.1, -0.05) is 0 Å². The topological polar surface area (TPSA) is 89.7 Å². The lowest BCUT2D eigenvalue weighted by Gasteiger charge is -2.07. The van der Waals surface area contributed by atoms with Crippen LogP contribution in [0.3, 0.4) is 0 Å². The average Bonchev–Trinajstić information content (AvgIpc) is 2.19. The van der Waals surface area contributed by atoms with Crippen LogP contribution in [0.4, 0.5) is 10.1 Å². The van der Waals surface area contributed by atoms with Crippen LogP contribution in [0.5, 0.6) is 5.75 Å². The summed E-state index contributed by atoms with van der Waals surface area (Å²) in [6, 6.07) is 1.30. The van der Waals surface area contributed by atoms with Crippen molar-refractivity contribution in [1.29, 1.82) is 0 Å². The van der Waals surface area contributed by atoms with Crippen molar-refractivity contribution in [2.75, 3.05) is 6.61 Å². The summed E-state index contributed by atoms with van der Waals surface area (Å²) >= 11 is 0. The van der Waals surface area contributed by atoms with Crippen molar-refractivity contribution < 1.29 is 24.0 Å². The molecule has 0 unspecified atom stereocenters. The third-order valence-electron chi connectivity index (χ3n) is 1.75. The predicted octanol–water partition coefficient (Wildman–Crippen LogP) is 1.83. The Kier molecular flexibility index (Phi) is 3.39. The van der Waals surface area contributed by atoms with Crippen LogP contribution in [0.1, 0.15) is 17.3 Å². The Morgan fingerprint density at radius 1 is 1.62 bits per heavy atom. The van der Waals surface area contributed by atoms with E-state index in [1.807, 2.05) is 0 Å². The highest BCUT2D eigenvalue weighted by Gasteiger charge is 2.24. The summed E-state index contributed by atoms with van der Waals surface area (Å²) < 4.78 is 17.8. The molecule has 0 fully saturated rings. The van der Waals surface area contributed by atoms with Crippen molar-refractivity contribution in [3.8, 4) is 5.75 Å². The van der Waals surface area contributed by atoms with Crippen molar-refractivity contribution in [2.24, 2.45) is 0 Å².